The molecule has 0 aliphatic heterocycles. The highest BCUT2D eigenvalue weighted by atomic mass is 35.5. The first-order chi connectivity index (χ1) is 7.82. The highest BCUT2D eigenvalue weighted by molar-refractivity contribution is 6.42. The molecule has 0 atom stereocenters. The minimum Gasteiger partial charge on any atom is -0.299 e. The van der Waals surface area contributed by atoms with E-state index >= 15 is 0 Å². The first-order valence-electron chi connectivity index (χ1n) is 5.78. The predicted octanol–water partition coefficient (Wildman–Crippen LogP) is 4.93. The average Bonchev–Trinajstić information content (AvgIpc) is 2.22. The van der Waals surface area contributed by atoms with Crippen molar-refractivity contribution in [1.82, 2.24) is 0 Å². The molecule has 0 N–H and O–H groups in total. The quantitative estimate of drug-likeness (QED) is 0.760. The molecule has 1 aromatic carbocycles. The zero-order chi connectivity index (χ0) is 13.1. The van der Waals surface area contributed by atoms with Crippen molar-refractivity contribution in [3.63, 3.8) is 0 Å². The second-order valence-electron chi connectivity index (χ2n) is 5.24. The van der Waals surface area contributed by atoms with Gasteiger partial charge in [0.25, 0.3) is 0 Å². The maximum atomic E-state index is 11.7. The van der Waals surface area contributed by atoms with E-state index in [1.54, 1.807) is 6.07 Å². The molecule has 0 saturated heterocycles. The maximum Gasteiger partial charge on any atom is 0.138 e. The Labute approximate surface area is 113 Å². The van der Waals surface area contributed by atoms with Crippen LogP contribution in [0.2, 0.25) is 10.0 Å². The van der Waals surface area contributed by atoms with Crippen LogP contribution in [0.5, 0.6) is 0 Å². The van der Waals surface area contributed by atoms with Gasteiger partial charge < -0.3 is 0 Å². The molecule has 0 heterocycles. The van der Waals surface area contributed by atoms with Crippen LogP contribution in [0.3, 0.4) is 0 Å². The Hall–Kier alpha value is -0.530. The van der Waals surface area contributed by atoms with Crippen LogP contribution in [0.4, 0.5) is 0 Å². The molecule has 0 saturated carbocycles. The Morgan fingerprint density at radius 2 is 1.88 bits per heavy atom. The molecule has 0 aliphatic carbocycles. The van der Waals surface area contributed by atoms with Crippen molar-refractivity contribution >= 4 is 29.0 Å². The van der Waals surface area contributed by atoms with Crippen molar-refractivity contribution < 1.29 is 4.79 Å². The van der Waals surface area contributed by atoms with Crippen LogP contribution in [-0.2, 0) is 11.2 Å². The second kappa shape index (κ2) is 5.88. The Morgan fingerprint density at radius 1 is 1.24 bits per heavy atom. The molecule has 0 fully saturated rings. The molecular formula is C14H18Cl2O. The third-order valence-corrected chi connectivity index (χ3v) is 3.58. The lowest BCUT2D eigenvalue weighted by molar-refractivity contribution is -0.126. The molecule has 0 bridgehead atoms. The molecule has 0 radical (unpaired) electrons. The van der Waals surface area contributed by atoms with Crippen molar-refractivity contribution in [3.05, 3.63) is 33.8 Å². The van der Waals surface area contributed by atoms with Gasteiger partial charge in [0.15, 0.2) is 0 Å². The summed E-state index contributed by atoms with van der Waals surface area (Å²) in [5.74, 6) is 0.288. The van der Waals surface area contributed by atoms with E-state index in [9.17, 15) is 4.79 Å². The molecule has 0 amide bonds. The molecule has 94 valence electrons. The Kier molecular flexibility index (Phi) is 5.03. The van der Waals surface area contributed by atoms with Crippen LogP contribution in [0.15, 0.2) is 18.2 Å². The van der Waals surface area contributed by atoms with Gasteiger partial charge in [0.05, 0.1) is 10.0 Å². The number of carbonyl (C=O) groups is 1. The number of Topliss-reactive ketones (excluding diaryl/α,β-unsaturated/α-hetero) is 1. The fourth-order valence-corrected chi connectivity index (χ4v) is 1.97. The van der Waals surface area contributed by atoms with Gasteiger partial charge in [-0.25, -0.2) is 0 Å². The van der Waals surface area contributed by atoms with Gasteiger partial charge >= 0.3 is 0 Å². The zero-order valence-electron chi connectivity index (χ0n) is 10.5. The molecule has 1 nitrogen and oxygen atoms in total. The molecule has 1 aromatic rings. The third kappa shape index (κ3) is 4.33. The molecule has 0 aromatic heterocycles. The van der Waals surface area contributed by atoms with Crippen LogP contribution < -0.4 is 0 Å². The SMILES string of the molecule is CC(C)(C)C(=O)CCCc1cccc(Cl)c1Cl. The molecule has 3 heteroatoms. The van der Waals surface area contributed by atoms with Crippen LogP contribution in [0.1, 0.15) is 39.2 Å². The van der Waals surface area contributed by atoms with Crippen LogP contribution in [-0.4, -0.2) is 5.78 Å². The van der Waals surface area contributed by atoms with E-state index in [4.69, 9.17) is 23.2 Å². The summed E-state index contributed by atoms with van der Waals surface area (Å²) in [4.78, 5) is 11.7. The number of carbonyl (C=O) groups excluding carboxylic acids is 1. The van der Waals surface area contributed by atoms with Gasteiger partial charge in [-0.05, 0) is 24.5 Å². The van der Waals surface area contributed by atoms with E-state index in [1.165, 1.54) is 0 Å². The van der Waals surface area contributed by atoms with Gasteiger partial charge in [-0.1, -0.05) is 56.1 Å². The summed E-state index contributed by atoms with van der Waals surface area (Å²) < 4.78 is 0. The van der Waals surface area contributed by atoms with E-state index in [0.29, 0.717) is 16.5 Å². The number of hydrogen-bond donors (Lipinski definition) is 0. The van der Waals surface area contributed by atoms with E-state index < -0.39 is 0 Å². The lowest BCUT2D eigenvalue weighted by Gasteiger charge is -2.16. The third-order valence-electron chi connectivity index (χ3n) is 2.72. The highest BCUT2D eigenvalue weighted by Gasteiger charge is 2.20. The lowest BCUT2D eigenvalue weighted by Crippen LogP contribution is -2.19. The molecule has 0 unspecified atom stereocenters. The Morgan fingerprint density at radius 3 is 2.47 bits per heavy atom. The summed E-state index contributed by atoms with van der Waals surface area (Å²) in [6.45, 7) is 5.84. The van der Waals surface area contributed by atoms with Crippen molar-refractivity contribution in [2.24, 2.45) is 5.41 Å². The van der Waals surface area contributed by atoms with Crippen LogP contribution >= 0.6 is 23.2 Å². The standard InChI is InChI=1S/C14H18Cl2O/c1-14(2,3)12(17)9-5-7-10-6-4-8-11(15)13(10)16/h4,6,8H,5,7,9H2,1-3H3. The lowest BCUT2D eigenvalue weighted by atomic mass is 9.87. The van der Waals surface area contributed by atoms with Crippen LogP contribution in [0, 0.1) is 5.41 Å². The summed E-state index contributed by atoms with van der Waals surface area (Å²) in [6.07, 6.45) is 2.20. The average molecular weight is 273 g/mol. The summed E-state index contributed by atoms with van der Waals surface area (Å²) in [5, 5.41) is 1.18. The number of benzene rings is 1. The van der Waals surface area contributed by atoms with E-state index in [1.807, 2.05) is 32.9 Å². The molecule has 1 rings (SSSR count). The van der Waals surface area contributed by atoms with Crippen molar-refractivity contribution in [3.8, 4) is 0 Å². The van der Waals surface area contributed by atoms with Gasteiger partial charge in [0.2, 0.25) is 0 Å². The van der Waals surface area contributed by atoms with Crippen molar-refractivity contribution in [1.29, 1.82) is 0 Å². The molecule has 0 spiro atoms. The molecule has 0 aliphatic rings. The van der Waals surface area contributed by atoms with Gasteiger partial charge in [-0.15, -0.1) is 0 Å². The molecular weight excluding hydrogens is 255 g/mol. The first kappa shape index (κ1) is 14.5. The topological polar surface area (TPSA) is 17.1 Å². The van der Waals surface area contributed by atoms with Gasteiger partial charge in [-0.2, -0.15) is 0 Å². The zero-order valence-corrected chi connectivity index (χ0v) is 12.0. The highest BCUT2D eigenvalue weighted by Crippen LogP contribution is 2.27. The van der Waals surface area contributed by atoms with E-state index in [-0.39, 0.29) is 11.2 Å². The summed E-state index contributed by atoms with van der Waals surface area (Å²) >= 11 is 12.0. The number of rotatable bonds is 4. The minimum absolute atomic E-state index is 0.252. The number of hydrogen-bond acceptors (Lipinski definition) is 1. The number of aryl methyl sites for hydroxylation is 1. The minimum atomic E-state index is -0.252. The summed E-state index contributed by atoms with van der Waals surface area (Å²) in [5.41, 5.74) is 0.763. The fourth-order valence-electron chi connectivity index (χ4n) is 1.56. The maximum absolute atomic E-state index is 11.7. The van der Waals surface area contributed by atoms with E-state index in [0.717, 1.165) is 18.4 Å². The predicted molar refractivity (Wildman–Crippen MR) is 73.9 cm³/mol. The smallest absolute Gasteiger partial charge is 0.138 e. The van der Waals surface area contributed by atoms with Gasteiger partial charge in [0.1, 0.15) is 5.78 Å². The second-order valence-corrected chi connectivity index (χ2v) is 6.02. The molecule has 17 heavy (non-hydrogen) atoms. The van der Waals surface area contributed by atoms with E-state index in [2.05, 4.69) is 0 Å². The normalized spacial score (nSPS) is 11.6. The first-order valence-corrected chi connectivity index (χ1v) is 6.54. The Bertz CT molecular complexity index is 405. The van der Waals surface area contributed by atoms with Gasteiger partial charge in [0, 0.05) is 11.8 Å². The van der Waals surface area contributed by atoms with Crippen LogP contribution in [0.25, 0.3) is 0 Å². The summed E-state index contributed by atoms with van der Waals surface area (Å²) in [6, 6.07) is 5.61. The Balaban J connectivity index is 2.52. The summed E-state index contributed by atoms with van der Waals surface area (Å²) in [7, 11) is 0. The van der Waals surface area contributed by atoms with Crippen molar-refractivity contribution in [2.45, 2.75) is 40.0 Å². The number of ketones is 1. The largest absolute Gasteiger partial charge is 0.299 e. The van der Waals surface area contributed by atoms with Crippen molar-refractivity contribution in [2.75, 3.05) is 0 Å². The fraction of sp³-hybridized carbons (Fsp3) is 0.500. The monoisotopic (exact) mass is 272 g/mol. The number of halogens is 2. The van der Waals surface area contributed by atoms with Gasteiger partial charge in [-0.3, -0.25) is 4.79 Å².